The highest BCUT2D eigenvalue weighted by molar-refractivity contribution is 5.70. The number of allylic oxidation sites excluding steroid dienone is 16. The fourth-order valence-electron chi connectivity index (χ4n) is 5.77. The van der Waals surface area contributed by atoms with E-state index in [-0.39, 0.29) is 25.2 Å². The zero-order valence-electron chi connectivity index (χ0n) is 36.4. The summed E-state index contributed by atoms with van der Waals surface area (Å²) in [6.45, 7) is 7.43. The zero-order chi connectivity index (χ0) is 40.7. The van der Waals surface area contributed by atoms with Crippen LogP contribution in [0.4, 0.5) is 0 Å². The number of hydrogen-bond donors (Lipinski definition) is 0. The van der Waals surface area contributed by atoms with Crippen molar-refractivity contribution in [1.82, 2.24) is 0 Å². The molecule has 0 fully saturated rings. The number of rotatable bonds is 40. The highest BCUT2D eigenvalue weighted by Crippen LogP contribution is 2.11. The predicted octanol–water partition coefficient (Wildman–Crippen LogP) is 15.1. The summed E-state index contributed by atoms with van der Waals surface area (Å²) in [5.41, 5.74) is 0. The molecule has 5 heteroatoms. The molecule has 56 heavy (non-hydrogen) atoms. The van der Waals surface area contributed by atoms with Crippen LogP contribution in [0.25, 0.3) is 0 Å². The quantitative estimate of drug-likeness (QED) is 0.0352. The van der Waals surface area contributed by atoms with E-state index >= 15 is 0 Å². The molecule has 5 nitrogen and oxygen atoms in total. The van der Waals surface area contributed by atoms with Gasteiger partial charge in [0, 0.05) is 19.4 Å². The zero-order valence-corrected chi connectivity index (χ0v) is 36.4. The third kappa shape index (κ3) is 43.5. The van der Waals surface area contributed by atoms with E-state index in [1.807, 2.05) is 6.08 Å². The molecule has 0 heterocycles. The Morgan fingerprint density at radius 2 is 0.839 bits per heavy atom. The first-order valence-corrected chi connectivity index (χ1v) is 22.8. The van der Waals surface area contributed by atoms with Crippen molar-refractivity contribution in [3.8, 4) is 0 Å². The van der Waals surface area contributed by atoms with Crippen LogP contribution < -0.4 is 0 Å². The van der Waals surface area contributed by atoms with E-state index in [2.05, 4.69) is 112 Å². The molecule has 0 radical (unpaired) electrons. The highest BCUT2D eigenvalue weighted by Gasteiger charge is 2.17. The SMILES string of the molecule is CC/C=C\C/C=C\C/C=C\C/C=C\CCC(=O)OCC(COCCCCCC/C=C\C/C=C\C/C=C\CC)OC(=O)CCCCCCC/C=C\CCCCCC. The molecule has 0 N–H and O–H groups in total. The summed E-state index contributed by atoms with van der Waals surface area (Å²) in [5, 5.41) is 0. The molecule has 0 aliphatic carbocycles. The molecule has 1 unspecified atom stereocenters. The van der Waals surface area contributed by atoms with E-state index < -0.39 is 6.10 Å². The minimum absolute atomic E-state index is 0.0296. The van der Waals surface area contributed by atoms with Crippen molar-refractivity contribution < 1.29 is 23.8 Å². The van der Waals surface area contributed by atoms with Gasteiger partial charge < -0.3 is 14.2 Å². The molecule has 0 saturated carbocycles. The van der Waals surface area contributed by atoms with Gasteiger partial charge >= 0.3 is 11.9 Å². The fourth-order valence-corrected chi connectivity index (χ4v) is 5.77. The van der Waals surface area contributed by atoms with Gasteiger partial charge in [0.1, 0.15) is 6.61 Å². The van der Waals surface area contributed by atoms with Gasteiger partial charge in [-0.25, -0.2) is 0 Å². The maximum absolute atomic E-state index is 12.7. The lowest BCUT2D eigenvalue weighted by atomic mass is 10.1. The smallest absolute Gasteiger partial charge is 0.306 e. The predicted molar refractivity (Wildman–Crippen MR) is 242 cm³/mol. The number of ether oxygens (including phenoxy) is 3. The Balaban J connectivity index is 4.43. The van der Waals surface area contributed by atoms with Crippen LogP contribution in [0.5, 0.6) is 0 Å². The Bertz CT molecular complexity index is 1110. The molecule has 0 aliphatic rings. The number of hydrogen-bond acceptors (Lipinski definition) is 5. The van der Waals surface area contributed by atoms with Gasteiger partial charge in [0.05, 0.1) is 6.61 Å². The average Bonchev–Trinajstić information content (AvgIpc) is 3.20. The molecule has 0 saturated heterocycles. The van der Waals surface area contributed by atoms with Crippen LogP contribution in [-0.2, 0) is 23.8 Å². The van der Waals surface area contributed by atoms with Gasteiger partial charge in [-0.05, 0) is 103 Å². The standard InChI is InChI=1S/C51H84O5/c1-4-7-10-13-16-19-22-25-28-31-34-37-40-43-46-54-47-49(56-51(53)45-42-39-36-33-30-27-24-21-18-15-12-9-6-3)48-55-50(52)44-41-38-35-32-29-26-23-20-17-14-11-8-5-2/h7-8,10-11,16-17,19-21,24-26,28-29,35,38,49H,4-6,9,12-15,18,22-23,27,30-34,36-37,39-48H2,1-3H3/b10-7-,11-8-,19-16-,20-17-,24-21-,28-25-,29-26-,38-35-. The Morgan fingerprint density at radius 1 is 0.411 bits per heavy atom. The summed E-state index contributed by atoms with van der Waals surface area (Å²) in [5.74, 6) is -0.522. The van der Waals surface area contributed by atoms with Gasteiger partial charge in [0.2, 0.25) is 0 Å². The molecule has 1 atom stereocenters. The van der Waals surface area contributed by atoms with Crippen molar-refractivity contribution >= 4 is 11.9 Å². The highest BCUT2D eigenvalue weighted by atomic mass is 16.6. The molecule has 0 aliphatic heterocycles. The normalized spacial score (nSPS) is 13.1. The van der Waals surface area contributed by atoms with Crippen LogP contribution in [-0.4, -0.2) is 37.9 Å². The first kappa shape index (κ1) is 52.8. The summed E-state index contributed by atoms with van der Waals surface area (Å²) in [6.07, 6.45) is 61.3. The van der Waals surface area contributed by atoms with Crippen LogP contribution in [0.2, 0.25) is 0 Å². The monoisotopic (exact) mass is 777 g/mol. The lowest BCUT2D eigenvalue weighted by molar-refractivity contribution is -0.162. The summed E-state index contributed by atoms with van der Waals surface area (Å²) in [6, 6.07) is 0. The van der Waals surface area contributed by atoms with E-state index in [1.165, 1.54) is 51.4 Å². The molecule has 0 spiro atoms. The van der Waals surface area contributed by atoms with Gasteiger partial charge in [-0.1, -0.05) is 169 Å². The van der Waals surface area contributed by atoms with Gasteiger partial charge in [0.15, 0.2) is 6.10 Å². The van der Waals surface area contributed by atoms with E-state index in [9.17, 15) is 9.59 Å². The van der Waals surface area contributed by atoms with Crippen LogP contribution in [0.3, 0.4) is 0 Å². The summed E-state index contributed by atoms with van der Waals surface area (Å²) < 4.78 is 17.2. The topological polar surface area (TPSA) is 61.8 Å². The second kappa shape index (κ2) is 46.2. The van der Waals surface area contributed by atoms with Crippen molar-refractivity contribution in [2.24, 2.45) is 0 Å². The third-order valence-electron chi connectivity index (χ3n) is 9.10. The van der Waals surface area contributed by atoms with Crippen molar-refractivity contribution in [2.45, 2.75) is 194 Å². The van der Waals surface area contributed by atoms with Crippen molar-refractivity contribution in [2.75, 3.05) is 19.8 Å². The first-order valence-electron chi connectivity index (χ1n) is 22.8. The maximum atomic E-state index is 12.7. The number of carbonyl (C=O) groups is 2. The molecule has 0 amide bonds. The summed E-state index contributed by atoms with van der Waals surface area (Å²) >= 11 is 0. The Morgan fingerprint density at radius 3 is 1.38 bits per heavy atom. The molecule has 0 aromatic carbocycles. The summed E-state index contributed by atoms with van der Waals surface area (Å²) in [7, 11) is 0. The van der Waals surface area contributed by atoms with Crippen molar-refractivity contribution in [1.29, 1.82) is 0 Å². The van der Waals surface area contributed by atoms with E-state index in [0.717, 1.165) is 96.3 Å². The van der Waals surface area contributed by atoms with E-state index in [4.69, 9.17) is 14.2 Å². The van der Waals surface area contributed by atoms with Crippen molar-refractivity contribution in [3.05, 3.63) is 97.2 Å². The van der Waals surface area contributed by atoms with Crippen LogP contribution >= 0.6 is 0 Å². The van der Waals surface area contributed by atoms with Gasteiger partial charge in [-0.15, -0.1) is 0 Å². The average molecular weight is 777 g/mol. The summed E-state index contributed by atoms with van der Waals surface area (Å²) in [4.78, 5) is 25.2. The van der Waals surface area contributed by atoms with E-state index in [1.54, 1.807) is 0 Å². The second-order valence-electron chi connectivity index (χ2n) is 14.5. The first-order chi connectivity index (χ1) is 27.6. The molecule has 0 aromatic heterocycles. The van der Waals surface area contributed by atoms with E-state index in [0.29, 0.717) is 25.9 Å². The van der Waals surface area contributed by atoms with Crippen LogP contribution in [0.1, 0.15) is 188 Å². The molecule has 0 aromatic rings. The fraction of sp³-hybridized carbons (Fsp3) is 0.647. The Kier molecular flexibility index (Phi) is 43.6. The van der Waals surface area contributed by atoms with Crippen LogP contribution in [0, 0.1) is 0 Å². The van der Waals surface area contributed by atoms with Gasteiger partial charge in [-0.3, -0.25) is 9.59 Å². The Labute approximate surface area is 345 Å². The largest absolute Gasteiger partial charge is 0.462 e. The third-order valence-corrected chi connectivity index (χ3v) is 9.10. The lowest BCUT2D eigenvalue weighted by Gasteiger charge is -2.18. The second-order valence-corrected chi connectivity index (χ2v) is 14.5. The maximum Gasteiger partial charge on any atom is 0.306 e. The Hall–Kier alpha value is -3.18. The number of carbonyl (C=O) groups excluding carboxylic acids is 2. The van der Waals surface area contributed by atoms with Crippen LogP contribution in [0.15, 0.2) is 97.2 Å². The number of esters is 2. The number of unbranched alkanes of at least 4 members (excludes halogenated alkanes) is 13. The molecular weight excluding hydrogens is 693 g/mol. The van der Waals surface area contributed by atoms with Gasteiger partial charge in [0.25, 0.3) is 0 Å². The molecule has 0 rings (SSSR count). The minimum atomic E-state index is -0.584. The van der Waals surface area contributed by atoms with Gasteiger partial charge in [-0.2, -0.15) is 0 Å². The lowest BCUT2D eigenvalue weighted by Crippen LogP contribution is -2.30. The molecule has 0 bridgehead atoms. The molecule has 318 valence electrons. The minimum Gasteiger partial charge on any atom is -0.462 e. The molecular formula is C51H84O5. The van der Waals surface area contributed by atoms with Crippen molar-refractivity contribution in [3.63, 3.8) is 0 Å².